The van der Waals surface area contributed by atoms with Crippen LogP contribution < -0.4 is 41.9 Å². The van der Waals surface area contributed by atoms with Gasteiger partial charge in [0.1, 0.15) is 46.0 Å². The zero-order valence-corrected chi connectivity index (χ0v) is 36.7. The Labute approximate surface area is 389 Å². The monoisotopic (exact) mass is 928 g/mol. The molecule has 0 aliphatic carbocycles. The first-order valence-electron chi connectivity index (χ1n) is 21.0. The quantitative estimate of drug-likeness (QED) is 0.0701. The molecule has 0 saturated carbocycles. The van der Waals surface area contributed by atoms with E-state index in [9.17, 15) is 26.3 Å². The molecule has 0 atom stereocenters. The summed E-state index contributed by atoms with van der Waals surface area (Å²) in [5, 5.41) is 0. The van der Waals surface area contributed by atoms with E-state index in [0.717, 1.165) is 71.5 Å². The van der Waals surface area contributed by atoms with Gasteiger partial charge in [-0.05, 0) is 168 Å². The molecule has 0 saturated heterocycles. The van der Waals surface area contributed by atoms with Crippen LogP contribution in [0.5, 0.6) is 46.0 Å². The van der Waals surface area contributed by atoms with E-state index in [1.54, 1.807) is 24.3 Å². The van der Waals surface area contributed by atoms with Crippen LogP contribution >= 0.6 is 0 Å². The number of halogens is 6. The maximum atomic E-state index is 14.4. The topological polar surface area (TPSA) is 141 Å². The fraction of sp³-hybridized carbons (Fsp3) is 0.111. The van der Waals surface area contributed by atoms with Crippen molar-refractivity contribution in [1.29, 1.82) is 0 Å². The Morgan fingerprint density at radius 3 is 0.603 bits per heavy atom. The Morgan fingerprint density at radius 1 is 0.265 bits per heavy atom. The molecule has 0 aliphatic rings. The average Bonchev–Trinajstić information content (AvgIpc) is 3.30. The maximum Gasteiger partial charge on any atom is 0.411 e. The first kappa shape index (κ1) is 47.7. The standard InChI is InChI=1S/C27H20F6N2O2.C27H26N2O2/c28-26(29,30)25(27(31,32)33,17-1-9-21(10-2-17)36-23-13-5-19(34)6-14-23)18-3-11-22(12-4-18)37-24-15-7-20(35)8-16-24;1-27(2,19-3-11-23(12-4-19)30-25-15-7-21(28)8-16-25)20-5-13-24(14-6-20)31-26-17-9-22(29)10-18-26/h1-16H,34-35H2;3-18H,28-29H2,1-2H3. The van der Waals surface area contributed by atoms with Crippen LogP contribution in [0.1, 0.15) is 36.1 Å². The molecule has 0 unspecified atom stereocenters. The van der Waals surface area contributed by atoms with Crippen LogP contribution in [0.3, 0.4) is 0 Å². The minimum atomic E-state index is -5.72. The van der Waals surface area contributed by atoms with E-state index in [-0.39, 0.29) is 16.9 Å². The lowest BCUT2D eigenvalue weighted by molar-refractivity contribution is -0.288. The van der Waals surface area contributed by atoms with Crippen LogP contribution in [-0.2, 0) is 10.8 Å². The van der Waals surface area contributed by atoms with Crippen molar-refractivity contribution in [3.05, 3.63) is 216 Å². The van der Waals surface area contributed by atoms with Gasteiger partial charge in [0.2, 0.25) is 5.41 Å². The van der Waals surface area contributed by atoms with E-state index >= 15 is 0 Å². The van der Waals surface area contributed by atoms with Crippen molar-refractivity contribution in [2.24, 2.45) is 0 Å². The number of ether oxygens (including phenoxy) is 4. The van der Waals surface area contributed by atoms with Gasteiger partial charge in [0.15, 0.2) is 0 Å². The summed E-state index contributed by atoms with van der Waals surface area (Å²) in [4.78, 5) is 0. The second-order valence-electron chi connectivity index (χ2n) is 16.2. The zero-order valence-electron chi connectivity index (χ0n) is 36.7. The number of benzene rings is 8. The van der Waals surface area contributed by atoms with E-state index in [4.69, 9.17) is 41.9 Å². The van der Waals surface area contributed by atoms with Crippen LogP contribution in [0.2, 0.25) is 0 Å². The molecule has 0 fully saturated rings. The largest absolute Gasteiger partial charge is 0.457 e. The van der Waals surface area contributed by atoms with E-state index in [2.05, 4.69) is 38.1 Å². The van der Waals surface area contributed by atoms with Gasteiger partial charge in [-0.25, -0.2) is 0 Å². The highest BCUT2D eigenvalue weighted by Gasteiger charge is 2.72. The summed E-state index contributed by atoms with van der Waals surface area (Å²) in [5.74, 6) is 3.84. The molecule has 348 valence electrons. The molecule has 68 heavy (non-hydrogen) atoms. The fourth-order valence-electron chi connectivity index (χ4n) is 7.26. The highest BCUT2D eigenvalue weighted by molar-refractivity contribution is 5.51. The van der Waals surface area contributed by atoms with Crippen LogP contribution in [0.15, 0.2) is 194 Å². The van der Waals surface area contributed by atoms with Crippen LogP contribution in [-0.4, -0.2) is 12.4 Å². The van der Waals surface area contributed by atoms with Gasteiger partial charge in [-0.15, -0.1) is 0 Å². The Bertz CT molecular complexity index is 2670. The lowest BCUT2D eigenvalue weighted by atomic mass is 9.73. The number of rotatable bonds is 12. The van der Waals surface area contributed by atoms with Crippen molar-refractivity contribution >= 4 is 22.7 Å². The van der Waals surface area contributed by atoms with Gasteiger partial charge in [0, 0.05) is 28.2 Å². The Balaban J connectivity index is 0.000000204. The number of hydrogen-bond donors (Lipinski definition) is 4. The predicted octanol–water partition coefficient (Wildman–Crippen LogP) is 14.6. The molecule has 8 aromatic carbocycles. The third-order valence-electron chi connectivity index (χ3n) is 11.0. The number of nitrogens with two attached hydrogens (primary N) is 4. The molecule has 0 bridgehead atoms. The first-order valence-corrected chi connectivity index (χ1v) is 21.0. The minimum absolute atomic E-state index is 0.0546. The van der Waals surface area contributed by atoms with E-state index < -0.39 is 28.9 Å². The van der Waals surface area contributed by atoms with E-state index in [1.807, 2.05) is 72.8 Å². The summed E-state index contributed by atoms with van der Waals surface area (Å²) < 4.78 is 109. The summed E-state index contributed by atoms with van der Waals surface area (Å²) in [6.07, 6.45) is -11.4. The van der Waals surface area contributed by atoms with Crippen molar-refractivity contribution in [3.8, 4) is 46.0 Å². The highest BCUT2D eigenvalue weighted by Crippen LogP contribution is 2.56. The molecule has 0 heterocycles. The summed E-state index contributed by atoms with van der Waals surface area (Å²) >= 11 is 0. The van der Waals surface area contributed by atoms with Gasteiger partial charge in [0.25, 0.3) is 0 Å². The molecular formula is C54H46F6N4O4. The number of nitrogen functional groups attached to an aromatic ring is 4. The number of anilines is 4. The maximum absolute atomic E-state index is 14.4. The number of alkyl halides is 6. The van der Waals surface area contributed by atoms with Gasteiger partial charge in [0.05, 0.1) is 0 Å². The van der Waals surface area contributed by atoms with Gasteiger partial charge < -0.3 is 41.9 Å². The Hall–Kier alpha value is -8.26. The normalized spacial score (nSPS) is 11.8. The smallest absolute Gasteiger partial charge is 0.411 e. The van der Waals surface area contributed by atoms with E-state index in [0.29, 0.717) is 34.2 Å². The molecule has 0 aromatic heterocycles. The lowest BCUT2D eigenvalue weighted by Gasteiger charge is -2.38. The first-order chi connectivity index (χ1) is 32.3. The van der Waals surface area contributed by atoms with Crippen molar-refractivity contribution in [3.63, 3.8) is 0 Å². The van der Waals surface area contributed by atoms with Crippen LogP contribution in [0.4, 0.5) is 49.1 Å². The predicted molar refractivity (Wildman–Crippen MR) is 254 cm³/mol. The highest BCUT2D eigenvalue weighted by atomic mass is 19.4. The molecule has 0 aliphatic heterocycles. The van der Waals surface area contributed by atoms with Crippen molar-refractivity contribution in [2.45, 2.75) is 37.0 Å². The van der Waals surface area contributed by atoms with E-state index in [1.165, 1.54) is 35.4 Å². The van der Waals surface area contributed by atoms with Crippen molar-refractivity contribution < 1.29 is 45.3 Å². The van der Waals surface area contributed by atoms with Crippen molar-refractivity contribution in [1.82, 2.24) is 0 Å². The molecule has 8 N–H and O–H groups in total. The van der Waals surface area contributed by atoms with Crippen molar-refractivity contribution in [2.75, 3.05) is 22.9 Å². The second kappa shape index (κ2) is 19.7. The van der Waals surface area contributed by atoms with Crippen LogP contribution in [0.25, 0.3) is 0 Å². The summed E-state index contributed by atoms with van der Waals surface area (Å²) in [5.41, 5.74) is 20.9. The van der Waals surface area contributed by atoms with Gasteiger partial charge >= 0.3 is 12.4 Å². The number of hydrogen-bond acceptors (Lipinski definition) is 8. The Morgan fingerprint density at radius 2 is 0.426 bits per heavy atom. The zero-order chi connectivity index (χ0) is 48.7. The molecule has 0 amide bonds. The van der Waals surface area contributed by atoms with Gasteiger partial charge in [-0.1, -0.05) is 62.4 Å². The van der Waals surface area contributed by atoms with Gasteiger partial charge in [-0.3, -0.25) is 0 Å². The SMILES string of the molecule is CC(C)(c1ccc(Oc2ccc(N)cc2)cc1)c1ccc(Oc2ccc(N)cc2)cc1.Nc1ccc(Oc2ccc(C(c3ccc(Oc4ccc(N)cc4)cc3)(C(F)(F)F)C(F)(F)F)cc2)cc1. The summed E-state index contributed by atoms with van der Waals surface area (Å²) in [6.45, 7) is 4.41. The molecule has 0 radical (unpaired) electrons. The molecule has 8 aromatic rings. The molecule has 8 rings (SSSR count). The molecule has 8 nitrogen and oxygen atoms in total. The third-order valence-corrected chi connectivity index (χ3v) is 11.0. The second-order valence-corrected chi connectivity index (χ2v) is 16.2. The average molecular weight is 929 g/mol. The van der Waals surface area contributed by atoms with Gasteiger partial charge in [-0.2, -0.15) is 26.3 Å². The summed E-state index contributed by atoms with van der Waals surface area (Å²) in [7, 11) is 0. The minimum Gasteiger partial charge on any atom is -0.457 e. The Kier molecular flexibility index (Phi) is 13.8. The van der Waals surface area contributed by atoms with Crippen LogP contribution in [0, 0.1) is 0 Å². The summed E-state index contributed by atoms with van der Waals surface area (Å²) in [6, 6.07) is 50.6. The molecule has 14 heteroatoms. The lowest BCUT2D eigenvalue weighted by Crippen LogP contribution is -2.54. The molecule has 0 spiro atoms. The molecular weight excluding hydrogens is 883 g/mol. The fourth-order valence-corrected chi connectivity index (χ4v) is 7.26. The third kappa shape index (κ3) is 11.0.